The molecule has 0 bridgehead atoms. The number of esters is 1. The van der Waals surface area contributed by atoms with E-state index in [0.717, 1.165) is 5.69 Å². The van der Waals surface area contributed by atoms with Crippen LogP contribution in [-0.2, 0) is 20.9 Å². The maximum absolute atomic E-state index is 13.3. The summed E-state index contributed by atoms with van der Waals surface area (Å²) in [6.07, 6.45) is 3.24. The molecule has 1 saturated heterocycles. The highest BCUT2D eigenvalue weighted by Crippen LogP contribution is 2.38. The Balaban J connectivity index is 1.60. The number of para-hydroxylation sites is 1. The van der Waals surface area contributed by atoms with Gasteiger partial charge in [-0.1, -0.05) is 41.4 Å². The summed E-state index contributed by atoms with van der Waals surface area (Å²) < 4.78 is 15.7. The average molecular weight is 531 g/mol. The van der Waals surface area contributed by atoms with Crippen molar-refractivity contribution in [2.45, 2.75) is 13.5 Å². The van der Waals surface area contributed by atoms with Crippen molar-refractivity contribution >= 4 is 63.8 Å². The normalized spacial score (nSPS) is 15.7. The monoisotopic (exact) mass is 530 g/mol. The first kappa shape index (κ1) is 24.9. The molecule has 0 aliphatic carbocycles. The number of hydrogen-bond acceptors (Lipinski definition) is 7. The standard InChI is InChI=1S/C25H20Cl2N2O5S/c1-2-32-22(30)15-34-23-19(26)11-16(12-20(23)27)13-21-24(31)29(14-18-9-6-10-33-18)25(35-21)28-17-7-4-3-5-8-17/h3-13H,2,14-15H2,1H3. The highest BCUT2D eigenvalue weighted by atomic mass is 35.5. The fourth-order valence-electron chi connectivity index (χ4n) is 3.19. The van der Waals surface area contributed by atoms with E-state index in [0.29, 0.717) is 21.4 Å². The van der Waals surface area contributed by atoms with Crippen LogP contribution < -0.4 is 4.74 Å². The Morgan fingerprint density at radius 1 is 1.14 bits per heavy atom. The van der Waals surface area contributed by atoms with Gasteiger partial charge in [-0.3, -0.25) is 9.69 Å². The predicted octanol–water partition coefficient (Wildman–Crippen LogP) is 6.33. The maximum atomic E-state index is 13.3. The summed E-state index contributed by atoms with van der Waals surface area (Å²) in [5.41, 5.74) is 1.32. The molecule has 2 aromatic carbocycles. The lowest BCUT2D eigenvalue weighted by Crippen LogP contribution is -2.28. The van der Waals surface area contributed by atoms with Crippen molar-refractivity contribution < 1.29 is 23.5 Å². The molecule has 4 rings (SSSR count). The summed E-state index contributed by atoms with van der Waals surface area (Å²) >= 11 is 13.9. The molecule has 1 aliphatic heterocycles. The van der Waals surface area contributed by atoms with E-state index in [2.05, 4.69) is 4.99 Å². The summed E-state index contributed by atoms with van der Waals surface area (Å²) in [6, 6.07) is 16.2. The lowest BCUT2D eigenvalue weighted by atomic mass is 10.2. The van der Waals surface area contributed by atoms with E-state index in [4.69, 9.17) is 37.1 Å². The first-order valence-electron chi connectivity index (χ1n) is 10.6. The minimum Gasteiger partial charge on any atom is -0.479 e. The van der Waals surface area contributed by atoms with Crippen LogP contribution in [0.4, 0.5) is 5.69 Å². The van der Waals surface area contributed by atoms with E-state index >= 15 is 0 Å². The highest BCUT2D eigenvalue weighted by Gasteiger charge is 2.34. The van der Waals surface area contributed by atoms with Gasteiger partial charge in [-0.15, -0.1) is 0 Å². The van der Waals surface area contributed by atoms with Crippen LogP contribution in [0.15, 0.2) is 75.2 Å². The van der Waals surface area contributed by atoms with Gasteiger partial charge in [-0.05, 0) is 66.7 Å². The zero-order valence-electron chi connectivity index (χ0n) is 18.6. The minimum atomic E-state index is -0.527. The van der Waals surface area contributed by atoms with Crippen molar-refractivity contribution in [3.63, 3.8) is 0 Å². The van der Waals surface area contributed by atoms with Gasteiger partial charge in [0.1, 0.15) is 5.76 Å². The van der Waals surface area contributed by atoms with Gasteiger partial charge in [0.05, 0.1) is 40.1 Å². The van der Waals surface area contributed by atoms with Crippen LogP contribution in [-0.4, -0.2) is 35.2 Å². The van der Waals surface area contributed by atoms with E-state index in [1.165, 1.54) is 11.8 Å². The second kappa shape index (κ2) is 11.5. The third kappa shape index (κ3) is 6.28. The fraction of sp³-hybridized carbons (Fsp3) is 0.160. The van der Waals surface area contributed by atoms with Crippen molar-refractivity contribution in [1.82, 2.24) is 4.90 Å². The van der Waals surface area contributed by atoms with Crippen molar-refractivity contribution in [2.24, 2.45) is 4.99 Å². The van der Waals surface area contributed by atoms with Crippen LogP contribution in [0.1, 0.15) is 18.2 Å². The van der Waals surface area contributed by atoms with Gasteiger partial charge in [0.15, 0.2) is 17.5 Å². The Morgan fingerprint density at radius 3 is 2.54 bits per heavy atom. The molecule has 0 radical (unpaired) electrons. The number of aliphatic imine (C=N–C) groups is 1. The largest absolute Gasteiger partial charge is 0.479 e. The average Bonchev–Trinajstić information content (AvgIpc) is 3.44. The molecule has 1 fully saturated rings. The van der Waals surface area contributed by atoms with Gasteiger partial charge in [0, 0.05) is 0 Å². The number of benzene rings is 2. The molecule has 7 nitrogen and oxygen atoms in total. The molecule has 3 aromatic rings. The summed E-state index contributed by atoms with van der Waals surface area (Å²) in [6.45, 7) is 1.87. The number of ether oxygens (including phenoxy) is 2. The van der Waals surface area contributed by atoms with Crippen LogP contribution in [0.25, 0.3) is 6.08 Å². The Morgan fingerprint density at radius 2 is 1.89 bits per heavy atom. The quantitative estimate of drug-likeness (QED) is 0.250. The van der Waals surface area contributed by atoms with Gasteiger partial charge in [0.25, 0.3) is 5.91 Å². The number of furan rings is 1. The Kier molecular flexibility index (Phi) is 8.17. The molecule has 10 heteroatoms. The molecule has 1 amide bonds. The molecule has 0 saturated carbocycles. The minimum absolute atomic E-state index is 0.166. The first-order chi connectivity index (χ1) is 16.9. The van der Waals surface area contributed by atoms with E-state index in [1.54, 1.807) is 48.4 Å². The highest BCUT2D eigenvalue weighted by molar-refractivity contribution is 8.18. The lowest BCUT2D eigenvalue weighted by Gasteiger charge is -2.13. The van der Waals surface area contributed by atoms with Crippen molar-refractivity contribution in [3.05, 3.63) is 87.1 Å². The number of rotatable bonds is 8. The zero-order chi connectivity index (χ0) is 24.8. The summed E-state index contributed by atoms with van der Waals surface area (Å²) in [5.74, 6) is 0.0477. The first-order valence-corrected chi connectivity index (χ1v) is 12.2. The van der Waals surface area contributed by atoms with Crippen LogP contribution in [0.3, 0.4) is 0 Å². The van der Waals surface area contributed by atoms with Crippen LogP contribution in [0.5, 0.6) is 5.75 Å². The third-order valence-corrected chi connectivity index (χ3v) is 6.29. The second-order valence-electron chi connectivity index (χ2n) is 7.22. The molecular weight excluding hydrogens is 511 g/mol. The van der Waals surface area contributed by atoms with Gasteiger partial charge in [0.2, 0.25) is 0 Å². The topological polar surface area (TPSA) is 81.3 Å². The van der Waals surface area contributed by atoms with Gasteiger partial charge < -0.3 is 13.9 Å². The zero-order valence-corrected chi connectivity index (χ0v) is 20.9. The number of halogens is 2. The Labute approximate surface area is 216 Å². The fourth-order valence-corrected chi connectivity index (χ4v) is 4.80. The van der Waals surface area contributed by atoms with Crippen molar-refractivity contribution in [3.8, 4) is 5.75 Å². The van der Waals surface area contributed by atoms with Gasteiger partial charge in [-0.2, -0.15) is 0 Å². The summed E-state index contributed by atoms with van der Waals surface area (Å²) in [4.78, 5) is 31.5. The molecule has 0 spiro atoms. The molecule has 1 aromatic heterocycles. The van der Waals surface area contributed by atoms with E-state index < -0.39 is 5.97 Å². The van der Waals surface area contributed by atoms with E-state index in [-0.39, 0.29) is 41.5 Å². The smallest absolute Gasteiger partial charge is 0.344 e. The number of carbonyl (C=O) groups is 2. The third-order valence-electron chi connectivity index (χ3n) is 4.72. The summed E-state index contributed by atoms with van der Waals surface area (Å²) in [7, 11) is 0. The Bertz CT molecular complexity index is 1250. The van der Waals surface area contributed by atoms with Gasteiger partial charge >= 0.3 is 5.97 Å². The van der Waals surface area contributed by atoms with Crippen LogP contribution in [0.2, 0.25) is 10.0 Å². The molecule has 0 N–H and O–H groups in total. The van der Waals surface area contributed by atoms with E-state index in [9.17, 15) is 9.59 Å². The van der Waals surface area contributed by atoms with Gasteiger partial charge in [-0.25, -0.2) is 9.79 Å². The SMILES string of the molecule is CCOC(=O)COc1c(Cl)cc(C=C2SC(=Nc3ccccc3)N(Cc3ccco3)C2=O)cc1Cl. The molecule has 180 valence electrons. The number of carbonyl (C=O) groups excluding carboxylic acids is 2. The van der Waals surface area contributed by atoms with E-state index in [1.807, 2.05) is 30.3 Å². The lowest BCUT2D eigenvalue weighted by molar-refractivity contribution is -0.145. The van der Waals surface area contributed by atoms with Crippen LogP contribution >= 0.6 is 35.0 Å². The maximum Gasteiger partial charge on any atom is 0.344 e. The molecule has 0 unspecified atom stereocenters. The van der Waals surface area contributed by atoms with Crippen LogP contribution in [0, 0.1) is 0 Å². The molecule has 35 heavy (non-hydrogen) atoms. The van der Waals surface area contributed by atoms with Crippen molar-refractivity contribution in [2.75, 3.05) is 13.2 Å². The number of thioether (sulfide) groups is 1. The molecule has 0 atom stereocenters. The molecule has 2 heterocycles. The number of amidine groups is 1. The number of hydrogen-bond donors (Lipinski definition) is 0. The second-order valence-corrected chi connectivity index (χ2v) is 9.04. The number of nitrogens with zero attached hydrogens (tertiary/aromatic N) is 2. The predicted molar refractivity (Wildman–Crippen MR) is 137 cm³/mol. The summed E-state index contributed by atoms with van der Waals surface area (Å²) in [5, 5.41) is 0.930. The number of amides is 1. The van der Waals surface area contributed by atoms with Crippen molar-refractivity contribution in [1.29, 1.82) is 0 Å². The molecular formula is C25H20Cl2N2O5S. The molecule has 1 aliphatic rings. The Hall–Kier alpha value is -3.20.